The Morgan fingerprint density at radius 3 is 2.59 bits per heavy atom. The van der Waals surface area contributed by atoms with Crippen molar-refractivity contribution in [3.8, 4) is 0 Å². The molecule has 7 heteroatoms. The molecule has 7 nitrogen and oxygen atoms in total. The van der Waals surface area contributed by atoms with E-state index in [1.54, 1.807) is 12.1 Å². The SMILES string of the molecule is CC1(C)CC(=O)C2=C(C1)Nc1nc3ccccc3n1[C@@H]2c1ccc([N+](=O)[O-])cc1. The molecule has 1 aliphatic heterocycles. The summed E-state index contributed by atoms with van der Waals surface area (Å²) in [5.41, 5.74) is 4.13. The minimum atomic E-state index is -0.413. The highest BCUT2D eigenvalue weighted by atomic mass is 16.6. The number of ketones is 1. The lowest BCUT2D eigenvalue weighted by molar-refractivity contribution is -0.384. The van der Waals surface area contributed by atoms with E-state index in [9.17, 15) is 14.9 Å². The van der Waals surface area contributed by atoms with Gasteiger partial charge in [0.25, 0.3) is 5.69 Å². The van der Waals surface area contributed by atoms with E-state index in [-0.39, 0.29) is 22.9 Å². The van der Waals surface area contributed by atoms with Gasteiger partial charge in [-0.15, -0.1) is 0 Å². The summed E-state index contributed by atoms with van der Waals surface area (Å²) >= 11 is 0. The second kappa shape index (κ2) is 6.01. The number of aromatic nitrogens is 2. The van der Waals surface area contributed by atoms with Gasteiger partial charge in [-0.2, -0.15) is 0 Å². The molecule has 0 spiro atoms. The van der Waals surface area contributed by atoms with Gasteiger partial charge in [-0.05, 0) is 41.7 Å². The number of nitrogens with one attached hydrogen (secondary N) is 1. The molecular weight excluding hydrogens is 368 g/mol. The molecule has 0 saturated carbocycles. The summed E-state index contributed by atoms with van der Waals surface area (Å²) in [4.78, 5) is 28.6. The Balaban J connectivity index is 1.75. The first-order chi connectivity index (χ1) is 13.8. The van der Waals surface area contributed by atoms with Gasteiger partial charge >= 0.3 is 0 Å². The van der Waals surface area contributed by atoms with Crippen LogP contribution in [0.3, 0.4) is 0 Å². The average molecular weight is 388 g/mol. The van der Waals surface area contributed by atoms with Gasteiger partial charge in [0.1, 0.15) is 0 Å². The predicted octanol–water partition coefficient (Wildman–Crippen LogP) is 4.60. The summed E-state index contributed by atoms with van der Waals surface area (Å²) in [6.45, 7) is 4.18. The highest BCUT2D eigenvalue weighted by Crippen LogP contribution is 2.47. The smallest absolute Gasteiger partial charge is 0.269 e. The quantitative estimate of drug-likeness (QED) is 0.512. The maximum absolute atomic E-state index is 13.2. The molecule has 0 unspecified atom stereocenters. The minimum Gasteiger partial charge on any atom is -0.329 e. The number of nitrogens with zero attached hydrogens (tertiary/aromatic N) is 3. The largest absolute Gasteiger partial charge is 0.329 e. The van der Waals surface area contributed by atoms with Crippen molar-refractivity contribution >= 4 is 28.5 Å². The van der Waals surface area contributed by atoms with Gasteiger partial charge in [0.15, 0.2) is 5.78 Å². The molecule has 5 rings (SSSR count). The molecule has 2 aliphatic rings. The Morgan fingerprint density at radius 1 is 1.14 bits per heavy atom. The summed E-state index contributed by atoms with van der Waals surface area (Å²) in [5.74, 6) is 0.800. The number of carbonyl (C=O) groups excluding carboxylic acids is 1. The third kappa shape index (κ3) is 2.73. The van der Waals surface area contributed by atoms with E-state index in [1.807, 2.05) is 28.8 Å². The number of para-hydroxylation sites is 2. The van der Waals surface area contributed by atoms with Crippen molar-refractivity contribution in [2.75, 3.05) is 5.32 Å². The average Bonchev–Trinajstić information content (AvgIpc) is 3.03. The number of nitro benzene ring substituents is 1. The lowest BCUT2D eigenvalue weighted by Gasteiger charge is -2.39. The van der Waals surface area contributed by atoms with Crippen molar-refractivity contribution in [1.29, 1.82) is 0 Å². The molecule has 1 atom stereocenters. The Morgan fingerprint density at radius 2 is 1.86 bits per heavy atom. The first kappa shape index (κ1) is 17.6. The van der Waals surface area contributed by atoms with Gasteiger partial charge in [-0.25, -0.2) is 4.98 Å². The topological polar surface area (TPSA) is 90.1 Å². The third-order valence-electron chi connectivity index (χ3n) is 5.73. The van der Waals surface area contributed by atoms with E-state index >= 15 is 0 Å². The molecule has 2 aromatic carbocycles. The van der Waals surface area contributed by atoms with Crippen LogP contribution in [0.25, 0.3) is 11.0 Å². The van der Waals surface area contributed by atoms with Crippen LogP contribution in [0, 0.1) is 15.5 Å². The fraction of sp³-hybridized carbons (Fsp3) is 0.273. The second-order valence-corrected chi connectivity index (χ2v) is 8.50. The number of allylic oxidation sites excluding steroid dienone is 2. The number of fused-ring (bicyclic) bond motifs is 3. The summed E-state index contributed by atoms with van der Waals surface area (Å²) in [6, 6.07) is 13.9. The van der Waals surface area contributed by atoms with E-state index in [1.165, 1.54) is 12.1 Å². The molecule has 0 saturated heterocycles. The molecule has 0 radical (unpaired) electrons. The van der Waals surface area contributed by atoms with Crippen LogP contribution in [0.2, 0.25) is 0 Å². The summed E-state index contributed by atoms with van der Waals surface area (Å²) in [5, 5.41) is 14.5. The fourth-order valence-electron chi connectivity index (χ4n) is 4.52. The Bertz CT molecular complexity index is 1200. The molecule has 2 heterocycles. The third-order valence-corrected chi connectivity index (χ3v) is 5.73. The van der Waals surface area contributed by atoms with Crippen LogP contribution in [0.4, 0.5) is 11.6 Å². The van der Waals surface area contributed by atoms with Crippen molar-refractivity contribution in [3.63, 3.8) is 0 Å². The monoisotopic (exact) mass is 388 g/mol. The maximum atomic E-state index is 13.2. The highest BCUT2D eigenvalue weighted by Gasteiger charge is 2.41. The van der Waals surface area contributed by atoms with Crippen LogP contribution in [0.1, 0.15) is 38.3 Å². The highest BCUT2D eigenvalue weighted by molar-refractivity contribution is 6.00. The maximum Gasteiger partial charge on any atom is 0.269 e. The van der Waals surface area contributed by atoms with Gasteiger partial charge in [-0.3, -0.25) is 19.5 Å². The fourth-order valence-corrected chi connectivity index (χ4v) is 4.52. The Labute approximate surface area is 167 Å². The van der Waals surface area contributed by atoms with E-state index in [0.717, 1.165) is 34.3 Å². The molecule has 1 aliphatic carbocycles. The number of carbonyl (C=O) groups is 1. The molecule has 1 aromatic heterocycles. The zero-order valence-corrected chi connectivity index (χ0v) is 16.2. The van der Waals surface area contributed by atoms with Gasteiger partial charge in [0, 0.05) is 29.8 Å². The van der Waals surface area contributed by atoms with Crippen molar-refractivity contribution in [2.24, 2.45) is 5.41 Å². The van der Waals surface area contributed by atoms with E-state index < -0.39 is 4.92 Å². The van der Waals surface area contributed by atoms with Crippen LogP contribution >= 0.6 is 0 Å². The zero-order valence-electron chi connectivity index (χ0n) is 16.2. The number of rotatable bonds is 2. The van der Waals surface area contributed by atoms with Crippen molar-refractivity contribution < 1.29 is 9.72 Å². The lowest BCUT2D eigenvalue weighted by Crippen LogP contribution is -2.36. The first-order valence-electron chi connectivity index (χ1n) is 9.59. The molecule has 0 amide bonds. The molecule has 29 heavy (non-hydrogen) atoms. The van der Waals surface area contributed by atoms with Crippen LogP contribution < -0.4 is 5.32 Å². The Hall–Kier alpha value is -3.48. The second-order valence-electron chi connectivity index (χ2n) is 8.50. The van der Waals surface area contributed by atoms with E-state index in [2.05, 4.69) is 19.2 Å². The van der Waals surface area contributed by atoms with Crippen LogP contribution in [0.15, 0.2) is 59.8 Å². The van der Waals surface area contributed by atoms with E-state index in [0.29, 0.717) is 12.4 Å². The number of Topliss-reactive ketones (excluding diaryl/α,β-unsaturated/α-hetero) is 1. The van der Waals surface area contributed by atoms with E-state index in [4.69, 9.17) is 4.98 Å². The molecule has 1 N–H and O–H groups in total. The zero-order chi connectivity index (χ0) is 20.3. The van der Waals surface area contributed by atoms with Crippen LogP contribution in [0.5, 0.6) is 0 Å². The van der Waals surface area contributed by atoms with Crippen LogP contribution in [-0.4, -0.2) is 20.3 Å². The van der Waals surface area contributed by atoms with Gasteiger partial charge < -0.3 is 5.32 Å². The number of benzene rings is 2. The normalized spacial score (nSPS) is 20.2. The predicted molar refractivity (Wildman–Crippen MR) is 110 cm³/mol. The number of anilines is 1. The summed E-state index contributed by atoms with van der Waals surface area (Å²) < 4.78 is 2.03. The first-order valence-corrected chi connectivity index (χ1v) is 9.59. The van der Waals surface area contributed by atoms with Gasteiger partial charge in [-0.1, -0.05) is 26.0 Å². The molecule has 146 valence electrons. The summed E-state index contributed by atoms with van der Waals surface area (Å²) in [7, 11) is 0. The number of nitro groups is 1. The minimum absolute atomic E-state index is 0.0312. The van der Waals surface area contributed by atoms with Gasteiger partial charge in [0.05, 0.1) is 22.0 Å². The molecule has 0 bridgehead atoms. The molecule has 3 aromatic rings. The lowest BCUT2D eigenvalue weighted by atomic mass is 9.73. The van der Waals surface area contributed by atoms with Crippen molar-refractivity contribution in [1.82, 2.24) is 9.55 Å². The molecule has 0 fully saturated rings. The standard InChI is InChI=1S/C22H20N4O3/c1-22(2)11-16-19(18(27)12-22)20(13-7-9-14(10-8-13)26(28)29)25-17-6-4-3-5-15(17)23-21(25)24-16/h3-10,20H,11-12H2,1-2H3,(H,23,24)/t20-/m1/s1. The van der Waals surface area contributed by atoms with Crippen molar-refractivity contribution in [2.45, 2.75) is 32.7 Å². The number of non-ortho nitro benzene ring substituents is 1. The number of hydrogen-bond donors (Lipinski definition) is 1. The van der Waals surface area contributed by atoms with Crippen LogP contribution in [-0.2, 0) is 4.79 Å². The molecular formula is C22H20N4O3. The summed E-state index contributed by atoms with van der Waals surface area (Å²) in [6.07, 6.45) is 1.22. The number of imidazole rings is 1. The Kier molecular flexibility index (Phi) is 3.65. The van der Waals surface area contributed by atoms with Crippen molar-refractivity contribution in [3.05, 3.63) is 75.5 Å². The number of hydrogen-bond acceptors (Lipinski definition) is 5. The van der Waals surface area contributed by atoms with Gasteiger partial charge in [0.2, 0.25) is 5.95 Å².